The molecule has 0 N–H and O–H groups in total. The van der Waals surface area contributed by atoms with E-state index in [1.165, 1.54) is 72.9 Å². The second kappa shape index (κ2) is 15.3. The third kappa shape index (κ3) is 6.00. The lowest BCUT2D eigenvalue weighted by Crippen LogP contribution is -2.28. The summed E-state index contributed by atoms with van der Waals surface area (Å²) in [6.45, 7) is 0. The molecule has 0 bridgehead atoms. The Labute approximate surface area is 372 Å². The Bertz CT molecular complexity index is 3430. The first-order valence-electron chi connectivity index (χ1n) is 21.9. The summed E-state index contributed by atoms with van der Waals surface area (Å²) in [5, 5.41) is 2.44. The minimum Gasteiger partial charge on any atom is -0.311 e. The minimum absolute atomic E-state index is 0.251. The van der Waals surface area contributed by atoms with E-state index < -0.39 is 5.41 Å². The lowest BCUT2D eigenvalue weighted by Gasteiger charge is -2.34. The van der Waals surface area contributed by atoms with Crippen molar-refractivity contribution in [2.75, 3.05) is 4.90 Å². The highest BCUT2D eigenvalue weighted by molar-refractivity contribution is 6.10. The van der Waals surface area contributed by atoms with Crippen LogP contribution in [0.4, 0.5) is 21.5 Å². The molecule has 0 atom stereocenters. The Morgan fingerprint density at radius 1 is 0.344 bits per heavy atom. The number of hydrogen-bond donors (Lipinski definition) is 0. The van der Waals surface area contributed by atoms with E-state index >= 15 is 0 Å². The van der Waals surface area contributed by atoms with Crippen molar-refractivity contribution in [3.05, 3.63) is 277 Å². The summed E-state index contributed by atoms with van der Waals surface area (Å²) in [6, 6.07) is 88.0. The molecule has 0 aliphatic heterocycles. The Morgan fingerprint density at radius 2 is 0.828 bits per heavy atom. The summed E-state index contributed by atoms with van der Waals surface area (Å²) in [5.41, 5.74) is 18.2. The van der Waals surface area contributed by atoms with E-state index in [1.807, 2.05) is 30.3 Å². The Balaban J connectivity index is 0.919. The molecule has 302 valence electrons. The summed E-state index contributed by atoms with van der Waals surface area (Å²) in [6.07, 6.45) is 0. The van der Waals surface area contributed by atoms with Gasteiger partial charge in [-0.05, 0) is 134 Å². The molecule has 3 heteroatoms. The predicted molar refractivity (Wildman–Crippen MR) is 264 cm³/mol. The van der Waals surface area contributed by atoms with Crippen molar-refractivity contribution in [2.24, 2.45) is 0 Å². The van der Waals surface area contributed by atoms with Gasteiger partial charge in [0, 0.05) is 33.5 Å². The molecule has 64 heavy (non-hydrogen) atoms. The van der Waals surface area contributed by atoms with E-state index in [0.717, 1.165) is 39.4 Å². The average Bonchev–Trinajstić information content (AvgIpc) is 3.86. The second-order valence-electron chi connectivity index (χ2n) is 16.6. The van der Waals surface area contributed by atoms with Crippen molar-refractivity contribution in [3.8, 4) is 39.1 Å². The number of hydrogen-bond acceptors (Lipinski definition) is 1. The van der Waals surface area contributed by atoms with E-state index in [4.69, 9.17) is 0 Å². The number of nitrogens with zero attached hydrogens (tertiary/aromatic N) is 2. The molecule has 1 aliphatic carbocycles. The highest BCUT2D eigenvalue weighted by atomic mass is 19.1. The predicted octanol–water partition coefficient (Wildman–Crippen LogP) is 16.1. The highest BCUT2D eigenvalue weighted by Gasteiger charge is 2.46. The maximum Gasteiger partial charge on any atom is 0.123 e. The largest absolute Gasteiger partial charge is 0.311 e. The molecule has 0 saturated heterocycles. The molecule has 0 radical (unpaired) electrons. The smallest absolute Gasteiger partial charge is 0.123 e. The fourth-order valence-electron chi connectivity index (χ4n) is 10.3. The summed E-state index contributed by atoms with van der Waals surface area (Å²) < 4.78 is 16.3. The van der Waals surface area contributed by atoms with Gasteiger partial charge in [-0.25, -0.2) is 4.39 Å². The number of halogens is 1. The summed E-state index contributed by atoms with van der Waals surface area (Å²) in [5.74, 6) is -0.251. The van der Waals surface area contributed by atoms with Crippen molar-refractivity contribution < 1.29 is 4.39 Å². The molecule has 0 spiro atoms. The van der Waals surface area contributed by atoms with Crippen LogP contribution in [0.25, 0.3) is 60.9 Å². The number of rotatable bonds is 8. The monoisotopic (exact) mass is 820 g/mol. The quantitative estimate of drug-likeness (QED) is 0.148. The van der Waals surface area contributed by atoms with Crippen LogP contribution in [-0.4, -0.2) is 4.57 Å². The average molecular weight is 821 g/mol. The van der Waals surface area contributed by atoms with Gasteiger partial charge in [0.25, 0.3) is 0 Å². The summed E-state index contributed by atoms with van der Waals surface area (Å²) >= 11 is 0. The van der Waals surface area contributed by atoms with Crippen LogP contribution in [0.1, 0.15) is 22.3 Å². The van der Waals surface area contributed by atoms with Crippen LogP contribution in [0.15, 0.2) is 249 Å². The molecule has 0 fully saturated rings. The first-order valence-corrected chi connectivity index (χ1v) is 21.9. The topological polar surface area (TPSA) is 8.17 Å². The zero-order chi connectivity index (χ0) is 42.6. The number of para-hydroxylation sites is 2. The minimum atomic E-state index is -0.475. The highest BCUT2D eigenvalue weighted by Crippen LogP contribution is 2.56. The van der Waals surface area contributed by atoms with E-state index in [9.17, 15) is 4.39 Å². The summed E-state index contributed by atoms with van der Waals surface area (Å²) in [7, 11) is 0. The number of benzene rings is 10. The van der Waals surface area contributed by atoms with Gasteiger partial charge in [0.15, 0.2) is 0 Å². The molecule has 1 heterocycles. The van der Waals surface area contributed by atoms with Crippen LogP contribution in [0, 0.1) is 5.82 Å². The molecule has 10 aromatic carbocycles. The lowest BCUT2D eigenvalue weighted by atomic mass is 9.67. The van der Waals surface area contributed by atoms with Gasteiger partial charge in [0.05, 0.1) is 16.4 Å². The standard InChI is InChI=1S/C61H41FN2/c62-48-31-35-51(36-32-48)63(49-18-8-3-9-19-49)50-33-28-43(29-34-50)42-24-26-44(27-25-42)45-30-39-60-56(40-45)55-21-11-13-23-59(55)64(60)52-37-38-54-53-20-10-12-22-57(53)61(58(54)41-52,46-14-4-1-5-15-46)47-16-6-2-7-17-47/h1-41H. The molecule has 0 unspecified atom stereocenters. The van der Waals surface area contributed by atoms with Gasteiger partial charge in [0.2, 0.25) is 0 Å². The number of fused-ring (bicyclic) bond motifs is 6. The van der Waals surface area contributed by atoms with Crippen molar-refractivity contribution in [1.29, 1.82) is 0 Å². The lowest BCUT2D eigenvalue weighted by molar-refractivity contribution is 0.628. The van der Waals surface area contributed by atoms with Crippen LogP contribution in [-0.2, 0) is 5.41 Å². The van der Waals surface area contributed by atoms with Gasteiger partial charge in [-0.15, -0.1) is 0 Å². The van der Waals surface area contributed by atoms with Gasteiger partial charge in [0.1, 0.15) is 5.82 Å². The first kappa shape index (κ1) is 37.5. The molecule has 11 aromatic rings. The molecular formula is C61H41FN2. The zero-order valence-electron chi connectivity index (χ0n) is 34.9. The van der Waals surface area contributed by atoms with Crippen molar-refractivity contribution in [1.82, 2.24) is 4.57 Å². The second-order valence-corrected chi connectivity index (χ2v) is 16.6. The molecule has 12 rings (SSSR count). The van der Waals surface area contributed by atoms with Gasteiger partial charge >= 0.3 is 0 Å². The van der Waals surface area contributed by atoms with Crippen LogP contribution in [0.5, 0.6) is 0 Å². The SMILES string of the molecule is Fc1ccc(N(c2ccccc2)c2ccc(-c3ccc(-c4ccc5c(c4)c4ccccc4n5-c4ccc5c(c4)C(c4ccccc4)(c4ccccc4)c4ccccc4-5)cc3)cc2)cc1. The zero-order valence-corrected chi connectivity index (χ0v) is 34.9. The van der Waals surface area contributed by atoms with Gasteiger partial charge < -0.3 is 9.47 Å². The van der Waals surface area contributed by atoms with E-state index in [2.05, 4.69) is 216 Å². The van der Waals surface area contributed by atoms with Crippen LogP contribution >= 0.6 is 0 Å². The third-order valence-corrected chi connectivity index (χ3v) is 13.1. The molecule has 2 nitrogen and oxygen atoms in total. The molecular weight excluding hydrogens is 780 g/mol. The van der Waals surface area contributed by atoms with Crippen LogP contribution in [0.3, 0.4) is 0 Å². The molecule has 1 aromatic heterocycles. The third-order valence-electron chi connectivity index (χ3n) is 13.1. The van der Waals surface area contributed by atoms with Gasteiger partial charge in [-0.2, -0.15) is 0 Å². The molecule has 0 saturated carbocycles. The van der Waals surface area contributed by atoms with Crippen LogP contribution in [0.2, 0.25) is 0 Å². The normalized spacial score (nSPS) is 12.6. The van der Waals surface area contributed by atoms with Crippen molar-refractivity contribution in [3.63, 3.8) is 0 Å². The van der Waals surface area contributed by atoms with Crippen molar-refractivity contribution in [2.45, 2.75) is 5.41 Å². The van der Waals surface area contributed by atoms with E-state index in [0.29, 0.717) is 0 Å². The van der Waals surface area contributed by atoms with Gasteiger partial charge in [-0.1, -0.05) is 170 Å². The fraction of sp³-hybridized carbons (Fsp3) is 0.0164. The van der Waals surface area contributed by atoms with Crippen LogP contribution < -0.4 is 4.90 Å². The van der Waals surface area contributed by atoms with Crippen molar-refractivity contribution >= 4 is 38.9 Å². The summed E-state index contributed by atoms with van der Waals surface area (Å²) in [4.78, 5) is 2.14. The Hall–Kier alpha value is -8.27. The number of aromatic nitrogens is 1. The Kier molecular flexibility index (Phi) is 8.94. The Morgan fingerprint density at radius 3 is 1.50 bits per heavy atom. The fourth-order valence-corrected chi connectivity index (χ4v) is 10.3. The number of anilines is 3. The van der Waals surface area contributed by atoms with Gasteiger partial charge in [-0.3, -0.25) is 0 Å². The maximum atomic E-state index is 13.9. The van der Waals surface area contributed by atoms with E-state index in [1.54, 1.807) is 0 Å². The molecule has 0 amide bonds. The first-order chi connectivity index (χ1) is 31.6. The molecule has 1 aliphatic rings. The van der Waals surface area contributed by atoms with E-state index in [-0.39, 0.29) is 5.82 Å². The maximum absolute atomic E-state index is 13.9.